The molecule has 0 saturated carbocycles. The molecule has 3 rings (SSSR count). The number of halogens is 1. The monoisotopic (exact) mass is 363 g/mol. The van der Waals surface area contributed by atoms with Crippen LogP contribution < -0.4 is 10.5 Å². The second-order valence-corrected chi connectivity index (χ2v) is 6.96. The molecular formula is C19H26FN3O3. The SMILES string of the molecule is NC(=O)[C@@H]1CCCN1C1CCC(=O)N(CCOc2ccc(F)cc2)CC1. The van der Waals surface area contributed by atoms with Gasteiger partial charge in [0.15, 0.2) is 0 Å². The first-order valence-electron chi connectivity index (χ1n) is 9.26. The highest BCUT2D eigenvalue weighted by molar-refractivity contribution is 5.80. The van der Waals surface area contributed by atoms with Gasteiger partial charge in [-0.05, 0) is 56.5 Å². The molecule has 0 radical (unpaired) electrons. The second-order valence-electron chi connectivity index (χ2n) is 6.96. The van der Waals surface area contributed by atoms with Crippen LogP contribution in [0, 0.1) is 5.82 Å². The number of amides is 2. The van der Waals surface area contributed by atoms with E-state index in [9.17, 15) is 14.0 Å². The van der Waals surface area contributed by atoms with E-state index in [2.05, 4.69) is 4.90 Å². The van der Waals surface area contributed by atoms with Crippen molar-refractivity contribution in [2.45, 2.75) is 44.2 Å². The first-order valence-corrected chi connectivity index (χ1v) is 9.26. The Bertz CT molecular complexity index is 637. The quantitative estimate of drug-likeness (QED) is 0.832. The molecule has 2 aliphatic rings. The predicted molar refractivity (Wildman–Crippen MR) is 95.0 cm³/mol. The smallest absolute Gasteiger partial charge is 0.234 e. The summed E-state index contributed by atoms with van der Waals surface area (Å²) in [7, 11) is 0. The normalized spacial score (nSPS) is 24.5. The van der Waals surface area contributed by atoms with Crippen LogP contribution in [0.4, 0.5) is 4.39 Å². The van der Waals surface area contributed by atoms with Crippen LogP contribution in [0.25, 0.3) is 0 Å². The summed E-state index contributed by atoms with van der Waals surface area (Å²) in [5.74, 6) is 0.142. The first kappa shape index (κ1) is 18.6. The van der Waals surface area contributed by atoms with E-state index in [-0.39, 0.29) is 29.7 Å². The van der Waals surface area contributed by atoms with Gasteiger partial charge in [0.2, 0.25) is 11.8 Å². The van der Waals surface area contributed by atoms with Crippen LogP contribution in [0.3, 0.4) is 0 Å². The first-order chi connectivity index (χ1) is 12.5. The Morgan fingerprint density at radius 1 is 1.19 bits per heavy atom. The van der Waals surface area contributed by atoms with Gasteiger partial charge in [-0.2, -0.15) is 0 Å². The minimum Gasteiger partial charge on any atom is -0.492 e. The minimum atomic E-state index is -0.303. The van der Waals surface area contributed by atoms with E-state index in [0.717, 1.165) is 32.2 Å². The Kier molecular flexibility index (Phi) is 6.08. The van der Waals surface area contributed by atoms with Crippen LogP contribution in [-0.2, 0) is 9.59 Å². The second kappa shape index (κ2) is 8.49. The molecule has 142 valence electrons. The molecule has 1 aromatic rings. The fraction of sp³-hybridized carbons (Fsp3) is 0.579. The van der Waals surface area contributed by atoms with Crippen molar-refractivity contribution >= 4 is 11.8 Å². The van der Waals surface area contributed by atoms with E-state index in [1.807, 2.05) is 4.90 Å². The lowest BCUT2D eigenvalue weighted by Crippen LogP contribution is -2.46. The number of carbonyl (C=O) groups excluding carboxylic acids is 2. The summed E-state index contributed by atoms with van der Waals surface area (Å²) >= 11 is 0. The van der Waals surface area contributed by atoms with Crippen molar-refractivity contribution in [1.82, 2.24) is 9.80 Å². The van der Waals surface area contributed by atoms with E-state index in [0.29, 0.717) is 31.9 Å². The largest absolute Gasteiger partial charge is 0.492 e. The number of rotatable bonds is 6. The van der Waals surface area contributed by atoms with Gasteiger partial charge < -0.3 is 15.4 Å². The van der Waals surface area contributed by atoms with Gasteiger partial charge >= 0.3 is 0 Å². The van der Waals surface area contributed by atoms with Crippen LogP contribution in [-0.4, -0.2) is 59.9 Å². The van der Waals surface area contributed by atoms with Crippen LogP contribution >= 0.6 is 0 Å². The summed E-state index contributed by atoms with van der Waals surface area (Å²) in [6.07, 6.45) is 3.87. The van der Waals surface area contributed by atoms with Crippen LogP contribution in [0.15, 0.2) is 24.3 Å². The molecule has 2 atom stereocenters. The molecular weight excluding hydrogens is 337 g/mol. The third kappa shape index (κ3) is 4.52. The molecule has 0 aromatic heterocycles. The molecule has 2 amide bonds. The van der Waals surface area contributed by atoms with Gasteiger partial charge in [-0.15, -0.1) is 0 Å². The highest BCUT2D eigenvalue weighted by Crippen LogP contribution is 2.26. The Labute approximate surface area is 153 Å². The molecule has 2 aliphatic heterocycles. The van der Waals surface area contributed by atoms with Crippen LogP contribution in [0.2, 0.25) is 0 Å². The van der Waals surface area contributed by atoms with Gasteiger partial charge in [0.05, 0.1) is 12.6 Å². The van der Waals surface area contributed by atoms with Gasteiger partial charge in [-0.25, -0.2) is 4.39 Å². The number of hydrogen-bond acceptors (Lipinski definition) is 4. The Balaban J connectivity index is 1.50. The summed E-state index contributed by atoms with van der Waals surface area (Å²) in [5.41, 5.74) is 5.52. The number of nitrogens with two attached hydrogens (primary N) is 1. The van der Waals surface area contributed by atoms with Crippen LogP contribution in [0.5, 0.6) is 5.75 Å². The Morgan fingerprint density at radius 2 is 1.96 bits per heavy atom. The van der Waals surface area contributed by atoms with Crippen molar-refractivity contribution in [3.8, 4) is 5.75 Å². The minimum absolute atomic E-state index is 0.116. The van der Waals surface area contributed by atoms with Gasteiger partial charge in [-0.3, -0.25) is 14.5 Å². The summed E-state index contributed by atoms with van der Waals surface area (Å²) < 4.78 is 18.5. The predicted octanol–water partition coefficient (Wildman–Crippen LogP) is 1.54. The summed E-state index contributed by atoms with van der Waals surface area (Å²) in [6, 6.07) is 5.88. The van der Waals surface area contributed by atoms with E-state index >= 15 is 0 Å². The van der Waals surface area contributed by atoms with Crippen molar-refractivity contribution < 1.29 is 18.7 Å². The number of ether oxygens (including phenoxy) is 1. The average Bonchev–Trinajstić information content (AvgIpc) is 3.04. The number of likely N-dealkylation sites (tertiary alicyclic amines) is 2. The number of benzene rings is 1. The lowest BCUT2D eigenvalue weighted by molar-refractivity contribution is -0.131. The van der Waals surface area contributed by atoms with Crippen LogP contribution in [0.1, 0.15) is 32.1 Å². The summed E-state index contributed by atoms with van der Waals surface area (Å²) in [5, 5.41) is 0. The third-order valence-electron chi connectivity index (χ3n) is 5.31. The molecule has 2 fully saturated rings. The van der Waals surface area contributed by atoms with E-state index < -0.39 is 0 Å². The zero-order chi connectivity index (χ0) is 18.5. The summed E-state index contributed by atoms with van der Waals surface area (Å²) in [6.45, 7) is 2.40. The number of carbonyl (C=O) groups is 2. The molecule has 2 heterocycles. The molecule has 7 heteroatoms. The van der Waals surface area contributed by atoms with Gasteiger partial charge in [0, 0.05) is 19.0 Å². The molecule has 1 aromatic carbocycles. The molecule has 1 unspecified atom stereocenters. The van der Waals surface area contributed by atoms with E-state index in [1.165, 1.54) is 12.1 Å². The average molecular weight is 363 g/mol. The van der Waals surface area contributed by atoms with Crippen molar-refractivity contribution in [2.75, 3.05) is 26.2 Å². The maximum absolute atomic E-state index is 12.9. The maximum Gasteiger partial charge on any atom is 0.234 e. The third-order valence-corrected chi connectivity index (χ3v) is 5.31. The fourth-order valence-electron chi connectivity index (χ4n) is 3.93. The standard InChI is InChI=1S/C19H26FN3O3/c20-14-3-6-16(7-4-14)26-13-12-22-11-9-15(5-8-18(22)24)23-10-1-2-17(23)19(21)25/h3-4,6-7,15,17H,1-2,5,8-13H2,(H2,21,25)/t15?,17-/m0/s1. The van der Waals surface area contributed by atoms with Gasteiger partial charge in [0.1, 0.15) is 18.2 Å². The maximum atomic E-state index is 12.9. The zero-order valence-corrected chi connectivity index (χ0v) is 14.9. The number of nitrogens with zero attached hydrogens (tertiary/aromatic N) is 2. The molecule has 0 aliphatic carbocycles. The molecule has 2 N–H and O–H groups in total. The van der Waals surface area contributed by atoms with Gasteiger partial charge in [0.25, 0.3) is 0 Å². The zero-order valence-electron chi connectivity index (χ0n) is 14.9. The summed E-state index contributed by atoms with van der Waals surface area (Å²) in [4.78, 5) is 28.0. The molecule has 6 nitrogen and oxygen atoms in total. The van der Waals surface area contributed by atoms with Crippen molar-refractivity contribution in [3.05, 3.63) is 30.1 Å². The number of hydrogen-bond donors (Lipinski definition) is 1. The topological polar surface area (TPSA) is 75.9 Å². The van der Waals surface area contributed by atoms with Crippen molar-refractivity contribution in [2.24, 2.45) is 5.73 Å². The number of primary amides is 1. The lowest BCUT2D eigenvalue weighted by atomic mass is 10.1. The highest BCUT2D eigenvalue weighted by atomic mass is 19.1. The highest BCUT2D eigenvalue weighted by Gasteiger charge is 2.35. The van der Waals surface area contributed by atoms with Crippen molar-refractivity contribution in [3.63, 3.8) is 0 Å². The Hall–Kier alpha value is -2.15. The fourth-order valence-corrected chi connectivity index (χ4v) is 3.93. The lowest BCUT2D eigenvalue weighted by Gasteiger charge is -2.30. The molecule has 0 spiro atoms. The van der Waals surface area contributed by atoms with E-state index in [1.54, 1.807) is 12.1 Å². The molecule has 26 heavy (non-hydrogen) atoms. The Morgan fingerprint density at radius 3 is 2.69 bits per heavy atom. The van der Waals surface area contributed by atoms with Crippen molar-refractivity contribution in [1.29, 1.82) is 0 Å². The molecule has 2 saturated heterocycles. The molecule has 0 bridgehead atoms. The van der Waals surface area contributed by atoms with E-state index in [4.69, 9.17) is 10.5 Å². The van der Waals surface area contributed by atoms with Gasteiger partial charge in [-0.1, -0.05) is 0 Å².